The maximum Gasteiger partial charge on any atom is 0.410 e. The first-order valence-electron chi connectivity index (χ1n) is 6.12. The third-order valence-electron chi connectivity index (χ3n) is 2.71. The Bertz CT molecular complexity index is 511. The average Bonchev–Trinajstić information content (AvgIpc) is 2.47. The molecule has 0 aliphatic carbocycles. The highest BCUT2D eigenvalue weighted by Gasteiger charge is 2.10. The zero-order valence-corrected chi connectivity index (χ0v) is 10.9. The molecule has 0 saturated heterocycles. The van der Waals surface area contributed by atoms with Crippen LogP contribution in [0.1, 0.15) is 11.1 Å². The molecule has 0 unspecified atom stereocenters. The van der Waals surface area contributed by atoms with Gasteiger partial charge in [0.25, 0.3) is 0 Å². The molecule has 2 aromatic rings. The normalized spacial score (nSPS) is 9.95. The van der Waals surface area contributed by atoms with Gasteiger partial charge in [-0.2, -0.15) is 0 Å². The molecule has 1 radical (unpaired) electrons. The Morgan fingerprint density at radius 2 is 1.89 bits per heavy atom. The molecule has 0 N–H and O–H groups in total. The highest BCUT2D eigenvalue weighted by Crippen LogP contribution is 2.06. The fraction of sp³-hybridized carbons (Fsp3) is 0.188. The number of amides is 1. The fourth-order valence-electron chi connectivity index (χ4n) is 1.70. The number of nitrogens with zero attached hydrogens (tertiary/aromatic N) is 1. The summed E-state index contributed by atoms with van der Waals surface area (Å²) < 4.78 is 5.24. The second kappa shape index (κ2) is 6.59. The van der Waals surface area contributed by atoms with Crippen molar-refractivity contribution in [1.29, 1.82) is 0 Å². The zero-order chi connectivity index (χ0) is 13.5. The lowest BCUT2D eigenvalue weighted by Gasteiger charge is -2.17. The number of hydrogen-bond donors (Lipinski definition) is 0. The van der Waals surface area contributed by atoms with Crippen molar-refractivity contribution < 1.29 is 9.53 Å². The van der Waals surface area contributed by atoms with Crippen LogP contribution in [0.2, 0.25) is 0 Å². The number of carbonyl (C=O) groups excluding carboxylic acids is 1. The molecule has 3 nitrogen and oxygen atoms in total. The van der Waals surface area contributed by atoms with Gasteiger partial charge in [0.15, 0.2) is 0 Å². The van der Waals surface area contributed by atoms with Crippen molar-refractivity contribution in [3.8, 4) is 0 Å². The summed E-state index contributed by atoms with van der Waals surface area (Å²) in [6, 6.07) is 20.2. The van der Waals surface area contributed by atoms with E-state index in [1.54, 1.807) is 11.9 Å². The van der Waals surface area contributed by atoms with E-state index < -0.39 is 0 Å². The third-order valence-corrected chi connectivity index (χ3v) is 2.71. The Morgan fingerprint density at radius 3 is 2.58 bits per heavy atom. The van der Waals surface area contributed by atoms with Gasteiger partial charge in [-0.3, -0.25) is 0 Å². The van der Waals surface area contributed by atoms with Crippen LogP contribution in [-0.4, -0.2) is 18.0 Å². The molecule has 0 atom stereocenters. The SMILES string of the molecule is CN(Cc1c[c]ccc1)C(=O)OCc1ccccc1. The van der Waals surface area contributed by atoms with E-state index in [-0.39, 0.29) is 6.09 Å². The van der Waals surface area contributed by atoms with E-state index in [0.29, 0.717) is 13.2 Å². The Balaban J connectivity index is 1.83. The Morgan fingerprint density at radius 1 is 1.16 bits per heavy atom. The van der Waals surface area contributed by atoms with Crippen LogP contribution in [-0.2, 0) is 17.9 Å². The third kappa shape index (κ3) is 4.14. The lowest BCUT2D eigenvalue weighted by atomic mass is 10.2. The standard InChI is InChI=1S/C16H16NO2/c1-17(12-14-8-4-2-5-9-14)16(18)19-13-15-10-6-3-7-11-15/h2-4,6-11H,12-13H2,1H3. The summed E-state index contributed by atoms with van der Waals surface area (Å²) in [6.07, 6.45) is -0.326. The summed E-state index contributed by atoms with van der Waals surface area (Å²) in [5.41, 5.74) is 2.01. The van der Waals surface area contributed by atoms with Gasteiger partial charge in [0.05, 0.1) is 0 Å². The van der Waals surface area contributed by atoms with Gasteiger partial charge in [0.2, 0.25) is 0 Å². The number of carbonyl (C=O) groups is 1. The minimum atomic E-state index is -0.326. The number of ether oxygens (including phenoxy) is 1. The summed E-state index contributed by atoms with van der Waals surface area (Å²) in [5.74, 6) is 0. The van der Waals surface area contributed by atoms with Crippen LogP contribution in [0.5, 0.6) is 0 Å². The smallest absolute Gasteiger partial charge is 0.410 e. The molecule has 1 amide bonds. The molecule has 0 fully saturated rings. The molecule has 0 aliphatic heterocycles. The minimum Gasteiger partial charge on any atom is -0.445 e. The monoisotopic (exact) mass is 254 g/mol. The molecule has 0 spiro atoms. The highest BCUT2D eigenvalue weighted by atomic mass is 16.6. The van der Waals surface area contributed by atoms with Crippen LogP contribution in [0, 0.1) is 6.07 Å². The van der Waals surface area contributed by atoms with Crippen molar-refractivity contribution in [2.24, 2.45) is 0 Å². The van der Waals surface area contributed by atoms with Crippen molar-refractivity contribution in [1.82, 2.24) is 4.90 Å². The zero-order valence-electron chi connectivity index (χ0n) is 10.9. The van der Waals surface area contributed by atoms with Crippen molar-refractivity contribution in [2.45, 2.75) is 13.2 Å². The fourth-order valence-corrected chi connectivity index (χ4v) is 1.70. The molecule has 3 heteroatoms. The summed E-state index contributed by atoms with van der Waals surface area (Å²) >= 11 is 0. The largest absolute Gasteiger partial charge is 0.445 e. The van der Waals surface area contributed by atoms with Crippen LogP contribution < -0.4 is 0 Å². The molecule has 0 aromatic heterocycles. The van der Waals surface area contributed by atoms with Gasteiger partial charge < -0.3 is 9.64 Å². The Kier molecular flexibility index (Phi) is 4.56. The van der Waals surface area contributed by atoms with E-state index in [1.807, 2.05) is 54.6 Å². The molecule has 0 heterocycles. The van der Waals surface area contributed by atoms with E-state index in [0.717, 1.165) is 11.1 Å². The van der Waals surface area contributed by atoms with E-state index in [9.17, 15) is 4.79 Å². The predicted molar refractivity (Wildman–Crippen MR) is 73.4 cm³/mol. The van der Waals surface area contributed by atoms with E-state index >= 15 is 0 Å². The summed E-state index contributed by atoms with van der Waals surface area (Å²) in [6.45, 7) is 0.815. The molecular formula is C16H16NO2. The maximum atomic E-state index is 11.8. The minimum absolute atomic E-state index is 0.297. The summed E-state index contributed by atoms with van der Waals surface area (Å²) in [4.78, 5) is 13.4. The van der Waals surface area contributed by atoms with Gasteiger partial charge in [-0.25, -0.2) is 4.79 Å². The molecule has 97 valence electrons. The Labute approximate surface area is 113 Å². The molecule has 19 heavy (non-hydrogen) atoms. The Hall–Kier alpha value is -2.29. The van der Waals surface area contributed by atoms with Crippen LogP contribution in [0.4, 0.5) is 4.79 Å². The molecule has 0 aliphatic rings. The van der Waals surface area contributed by atoms with Crippen LogP contribution in [0.15, 0.2) is 54.6 Å². The van der Waals surface area contributed by atoms with Crippen LogP contribution >= 0.6 is 0 Å². The molecular weight excluding hydrogens is 238 g/mol. The van der Waals surface area contributed by atoms with E-state index in [1.165, 1.54) is 0 Å². The molecule has 2 aromatic carbocycles. The van der Waals surface area contributed by atoms with Crippen molar-refractivity contribution in [2.75, 3.05) is 7.05 Å². The van der Waals surface area contributed by atoms with Gasteiger partial charge >= 0.3 is 6.09 Å². The number of hydrogen-bond acceptors (Lipinski definition) is 2. The van der Waals surface area contributed by atoms with Gasteiger partial charge in [-0.05, 0) is 23.3 Å². The van der Waals surface area contributed by atoms with Gasteiger partial charge in [0.1, 0.15) is 6.61 Å². The first-order chi connectivity index (χ1) is 9.25. The first kappa shape index (κ1) is 13.1. The quantitative estimate of drug-likeness (QED) is 0.838. The van der Waals surface area contributed by atoms with E-state index in [2.05, 4.69) is 6.07 Å². The van der Waals surface area contributed by atoms with Crippen LogP contribution in [0.25, 0.3) is 0 Å². The lowest BCUT2D eigenvalue weighted by Crippen LogP contribution is -2.26. The maximum absolute atomic E-state index is 11.8. The van der Waals surface area contributed by atoms with Crippen LogP contribution in [0.3, 0.4) is 0 Å². The van der Waals surface area contributed by atoms with Crippen molar-refractivity contribution in [3.63, 3.8) is 0 Å². The van der Waals surface area contributed by atoms with Gasteiger partial charge in [-0.1, -0.05) is 48.5 Å². The second-order valence-corrected chi connectivity index (χ2v) is 4.31. The number of rotatable bonds is 4. The lowest BCUT2D eigenvalue weighted by molar-refractivity contribution is 0.103. The summed E-state index contributed by atoms with van der Waals surface area (Å²) in [5, 5.41) is 0. The summed E-state index contributed by atoms with van der Waals surface area (Å²) in [7, 11) is 1.72. The van der Waals surface area contributed by atoms with Gasteiger partial charge in [0, 0.05) is 13.6 Å². The first-order valence-corrected chi connectivity index (χ1v) is 6.12. The molecule has 0 bridgehead atoms. The second-order valence-electron chi connectivity index (χ2n) is 4.31. The molecule has 0 saturated carbocycles. The predicted octanol–water partition coefficient (Wildman–Crippen LogP) is 3.26. The van der Waals surface area contributed by atoms with Crippen molar-refractivity contribution >= 4 is 6.09 Å². The molecule has 2 rings (SSSR count). The van der Waals surface area contributed by atoms with Gasteiger partial charge in [-0.15, -0.1) is 0 Å². The average molecular weight is 254 g/mol. The number of benzene rings is 2. The highest BCUT2D eigenvalue weighted by molar-refractivity contribution is 5.67. The van der Waals surface area contributed by atoms with Crippen molar-refractivity contribution in [3.05, 3.63) is 71.8 Å². The topological polar surface area (TPSA) is 29.5 Å². The van der Waals surface area contributed by atoms with E-state index in [4.69, 9.17) is 4.74 Å².